The Kier molecular flexibility index (Phi) is 4.95. The van der Waals surface area contributed by atoms with Crippen molar-refractivity contribution in [2.45, 2.75) is 25.8 Å². The highest BCUT2D eigenvalue weighted by molar-refractivity contribution is 5.98. The molecule has 0 saturated carbocycles. The van der Waals surface area contributed by atoms with Crippen LogP contribution in [0.4, 0.5) is 18.9 Å². The number of ketones is 1. The van der Waals surface area contributed by atoms with E-state index in [-0.39, 0.29) is 11.5 Å². The van der Waals surface area contributed by atoms with Crippen LogP contribution in [0.2, 0.25) is 0 Å². The Balaban J connectivity index is 1.34. The van der Waals surface area contributed by atoms with Crippen LogP contribution in [0.15, 0.2) is 24.4 Å². The molecule has 0 spiro atoms. The highest BCUT2D eigenvalue weighted by atomic mass is 19.2. The fourth-order valence-corrected chi connectivity index (χ4v) is 4.02. The molecule has 0 N–H and O–H groups in total. The van der Waals surface area contributed by atoms with E-state index < -0.39 is 17.5 Å². The summed E-state index contributed by atoms with van der Waals surface area (Å²) in [6.45, 7) is 4.21. The molecule has 2 heterocycles. The van der Waals surface area contributed by atoms with Gasteiger partial charge in [0.25, 0.3) is 0 Å². The number of aromatic nitrogens is 1. The first-order valence-corrected chi connectivity index (χ1v) is 9.36. The van der Waals surface area contributed by atoms with Gasteiger partial charge in [0.2, 0.25) is 0 Å². The molecular weight excluding hydrogens is 355 g/mol. The van der Waals surface area contributed by atoms with E-state index in [4.69, 9.17) is 0 Å². The molecule has 144 valence electrons. The molecular formula is C20H22F3N3O. The number of piperazine rings is 1. The molecule has 1 aliphatic carbocycles. The van der Waals surface area contributed by atoms with Crippen molar-refractivity contribution in [2.24, 2.45) is 0 Å². The van der Waals surface area contributed by atoms with Crippen molar-refractivity contribution in [2.75, 3.05) is 37.6 Å². The van der Waals surface area contributed by atoms with Crippen LogP contribution in [0.1, 0.15) is 28.9 Å². The predicted octanol–water partition coefficient (Wildman–Crippen LogP) is 3.25. The van der Waals surface area contributed by atoms with Crippen molar-refractivity contribution in [3.05, 3.63) is 53.1 Å². The molecule has 27 heavy (non-hydrogen) atoms. The molecule has 7 heteroatoms. The number of Topliss-reactive ketones (excluding diaryl/α,β-unsaturated/α-hetero) is 1. The number of benzene rings is 1. The minimum absolute atomic E-state index is 0.117. The van der Waals surface area contributed by atoms with E-state index in [1.165, 1.54) is 6.07 Å². The molecule has 0 amide bonds. The summed E-state index contributed by atoms with van der Waals surface area (Å²) in [5.74, 6) is -3.46. The van der Waals surface area contributed by atoms with Gasteiger partial charge in [-0.05, 0) is 31.0 Å². The topological polar surface area (TPSA) is 28.5 Å². The molecule has 0 radical (unpaired) electrons. The van der Waals surface area contributed by atoms with E-state index in [1.807, 2.05) is 12.3 Å². The van der Waals surface area contributed by atoms with Gasteiger partial charge in [-0.3, -0.25) is 9.69 Å². The monoisotopic (exact) mass is 377 g/mol. The largest absolute Gasteiger partial charge is 0.367 e. The second kappa shape index (κ2) is 7.38. The lowest BCUT2D eigenvalue weighted by molar-refractivity contribution is 0.0971. The van der Waals surface area contributed by atoms with Crippen LogP contribution < -0.4 is 4.90 Å². The summed E-state index contributed by atoms with van der Waals surface area (Å²) in [7, 11) is 0. The van der Waals surface area contributed by atoms with E-state index in [1.54, 1.807) is 4.90 Å². The number of nitrogens with zero attached hydrogens (tertiary/aromatic N) is 3. The van der Waals surface area contributed by atoms with Gasteiger partial charge in [-0.1, -0.05) is 0 Å². The van der Waals surface area contributed by atoms with E-state index in [2.05, 4.69) is 9.47 Å². The fourth-order valence-electron chi connectivity index (χ4n) is 4.02. The summed E-state index contributed by atoms with van der Waals surface area (Å²) in [4.78, 5) is 16.0. The smallest absolute Gasteiger partial charge is 0.196 e. The summed E-state index contributed by atoms with van der Waals surface area (Å²) in [5, 5.41) is 0. The summed E-state index contributed by atoms with van der Waals surface area (Å²) < 4.78 is 42.7. The van der Waals surface area contributed by atoms with E-state index in [0.29, 0.717) is 19.5 Å². The van der Waals surface area contributed by atoms with Gasteiger partial charge < -0.3 is 9.47 Å². The Morgan fingerprint density at radius 1 is 0.889 bits per heavy atom. The maximum Gasteiger partial charge on any atom is 0.196 e. The number of rotatable bonds is 4. The fraction of sp³-hybridized carbons (Fsp3) is 0.450. The Hall–Kier alpha value is -2.28. The summed E-state index contributed by atoms with van der Waals surface area (Å²) >= 11 is 0. The number of halogens is 3. The third-order valence-corrected chi connectivity index (χ3v) is 5.58. The first kappa shape index (κ1) is 18.1. The summed E-state index contributed by atoms with van der Waals surface area (Å²) in [6, 6.07) is 4.18. The Labute approximate surface area is 156 Å². The van der Waals surface area contributed by atoms with Gasteiger partial charge >= 0.3 is 0 Å². The van der Waals surface area contributed by atoms with Crippen molar-refractivity contribution in [1.29, 1.82) is 0 Å². The molecule has 2 aliphatic rings. The van der Waals surface area contributed by atoms with E-state index in [9.17, 15) is 18.0 Å². The van der Waals surface area contributed by atoms with Crippen molar-refractivity contribution in [1.82, 2.24) is 9.47 Å². The van der Waals surface area contributed by atoms with Gasteiger partial charge in [0.15, 0.2) is 23.2 Å². The Morgan fingerprint density at radius 2 is 1.67 bits per heavy atom. The number of carbonyl (C=O) groups is 1. The molecule has 1 saturated heterocycles. The number of fused-ring (bicyclic) bond motifs is 1. The third-order valence-electron chi connectivity index (χ3n) is 5.58. The minimum Gasteiger partial charge on any atom is -0.367 e. The minimum atomic E-state index is -1.41. The molecule has 1 aromatic heterocycles. The maximum atomic E-state index is 14.0. The average molecular weight is 377 g/mol. The molecule has 0 unspecified atom stereocenters. The summed E-state index contributed by atoms with van der Waals surface area (Å²) in [6.07, 6.45) is 4.48. The zero-order valence-corrected chi connectivity index (χ0v) is 15.1. The summed E-state index contributed by atoms with van der Waals surface area (Å²) in [5.41, 5.74) is 2.11. The van der Waals surface area contributed by atoms with Crippen molar-refractivity contribution in [3.63, 3.8) is 0 Å². The first-order valence-electron chi connectivity index (χ1n) is 9.36. The standard InChI is InChI=1S/C20H22F3N3O/c21-15-4-5-17(20(23)19(15)22)26-12-9-24(10-13-26)8-11-25-7-6-14-16(25)2-1-3-18(14)27/h4-7H,1-3,8-13H2. The van der Waals surface area contributed by atoms with Crippen LogP contribution in [-0.4, -0.2) is 48.0 Å². The van der Waals surface area contributed by atoms with Gasteiger partial charge in [-0.25, -0.2) is 13.2 Å². The van der Waals surface area contributed by atoms with Crippen LogP contribution >= 0.6 is 0 Å². The van der Waals surface area contributed by atoms with Crippen molar-refractivity contribution >= 4 is 11.5 Å². The third kappa shape index (κ3) is 3.48. The molecule has 4 rings (SSSR count). The zero-order chi connectivity index (χ0) is 19.0. The highest BCUT2D eigenvalue weighted by Crippen LogP contribution is 2.25. The predicted molar refractivity (Wildman–Crippen MR) is 96.7 cm³/mol. The lowest BCUT2D eigenvalue weighted by atomic mass is 9.97. The van der Waals surface area contributed by atoms with Gasteiger partial charge in [0.05, 0.1) is 5.69 Å². The molecule has 2 aromatic rings. The lowest BCUT2D eigenvalue weighted by Crippen LogP contribution is -2.47. The van der Waals surface area contributed by atoms with Crippen LogP contribution in [0.25, 0.3) is 0 Å². The molecule has 1 fully saturated rings. The average Bonchev–Trinajstić information content (AvgIpc) is 3.10. The Morgan fingerprint density at radius 3 is 2.44 bits per heavy atom. The number of hydrogen-bond acceptors (Lipinski definition) is 3. The molecule has 4 nitrogen and oxygen atoms in total. The van der Waals surface area contributed by atoms with Crippen LogP contribution in [-0.2, 0) is 13.0 Å². The quantitative estimate of drug-likeness (QED) is 0.766. The Bertz CT molecular complexity index is 856. The normalized spacial score (nSPS) is 18.0. The number of hydrogen-bond donors (Lipinski definition) is 0. The van der Waals surface area contributed by atoms with Crippen LogP contribution in [0.5, 0.6) is 0 Å². The van der Waals surface area contributed by atoms with E-state index >= 15 is 0 Å². The van der Waals surface area contributed by atoms with Crippen LogP contribution in [0, 0.1) is 17.5 Å². The second-order valence-electron chi connectivity index (χ2n) is 7.17. The molecule has 1 aromatic carbocycles. The van der Waals surface area contributed by atoms with E-state index in [0.717, 1.165) is 56.3 Å². The molecule has 0 atom stereocenters. The SMILES string of the molecule is O=C1CCCc2c1ccn2CCN1CCN(c2ccc(F)c(F)c2F)CC1. The van der Waals surface area contributed by atoms with Crippen molar-refractivity contribution in [3.8, 4) is 0 Å². The second-order valence-corrected chi connectivity index (χ2v) is 7.17. The lowest BCUT2D eigenvalue weighted by Gasteiger charge is -2.36. The highest BCUT2D eigenvalue weighted by Gasteiger charge is 2.24. The van der Waals surface area contributed by atoms with Crippen LogP contribution in [0.3, 0.4) is 0 Å². The first-order chi connectivity index (χ1) is 13.0. The van der Waals surface area contributed by atoms with Gasteiger partial charge in [0, 0.05) is 63.1 Å². The molecule has 0 bridgehead atoms. The zero-order valence-electron chi connectivity index (χ0n) is 15.1. The number of anilines is 1. The number of carbonyl (C=O) groups excluding carboxylic acids is 1. The maximum absolute atomic E-state index is 14.0. The molecule has 1 aliphatic heterocycles. The van der Waals surface area contributed by atoms with Crippen molar-refractivity contribution < 1.29 is 18.0 Å². The van der Waals surface area contributed by atoms with Gasteiger partial charge in [0.1, 0.15) is 0 Å². The van der Waals surface area contributed by atoms with Gasteiger partial charge in [-0.15, -0.1) is 0 Å². The van der Waals surface area contributed by atoms with Gasteiger partial charge in [-0.2, -0.15) is 0 Å².